The zero-order valence-corrected chi connectivity index (χ0v) is 10.6. The predicted molar refractivity (Wildman–Crippen MR) is 62.3 cm³/mol. The topological polar surface area (TPSA) is 94.6 Å². The monoisotopic (exact) mass is 306 g/mol. The Kier molecular flexibility index (Phi) is 5.11. The van der Waals surface area contributed by atoms with Gasteiger partial charge in [0.2, 0.25) is 0 Å². The molecule has 0 bridgehead atoms. The molecule has 1 unspecified atom stereocenters. The van der Waals surface area contributed by atoms with Gasteiger partial charge in [0, 0.05) is 13.7 Å². The molecule has 1 amide bonds. The van der Waals surface area contributed by atoms with E-state index < -0.39 is 16.7 Å². The molecule has 0 spiro atoms. The summed E-state index contributed by atoms with van der Waals surface area (Å²) in [6, 6.07) is 2.39. The summed E-state index contributed by atoms with van der Waals surface area (Å²) in [7, 11) is 1.55. The molecular formula is C9H11BrN2O5. The SMILES string of the molecule is COCC(Br)CNC(=O)c1ccc([N+](=O)[O-])o1. The Labute approximate surface area is 105 Å². The van der Waals surface area contributed by atoms with Crippen LogP contribution in [0.25, 0.3) is 0 Å². The zero-order valence-electron chi connectivity index (χ0n) is 9.01. The van der Waals surface area contributed by atoms with Crippen LogP contribution < -0.4 is 5.32 Å². The van der Waals surface area contributed by atoms with Gasteiger partial charge in [0.15, 0.2) is 5.76 Å². The maximum absolute atomic E-state index is 11.5. The van der Waals surface area contributed by atoms with Crippen molar-refractivity contribution in [2.45, 2.75) is 4.83 Å². The minimum atomic E-state index is -0.699. The molecule has 7 nitrogen and oxygen atoms in total. The highest BCUT2D eigenvalue weighted by Crippen LogP contribution is 2.15. The van der Waals surface area contributed by atoms with Crippen molar-refractivity contribution in [1.82, 2.24) is 5.32 Å². The van der Waals surface area contributed by atoms with Gasteiger partial charge in [-0.1, -0.05) is 15.9 Å². The first-order valence-electron chi connectivity index (χ1n) is 4.70. The number of nitrogens with one attached hydrogen (secondary N) is 1. The van der Waals surface area contributed by atoms with E-state index in [1.807, 2.05) is 0 Å². The summed E-state index contributed by atoms with van der Waals surface area (Å²) in [4.78, 5) is 21.1. The number of carbonyl (C=O) groups excluding carboxylic acids is 1. The number of carbonyl (C=O) groups is 1. The number of nitro groups is 1. The van der Waals surface area contributed by atoms with Gasteiger partial charge in [0.25, 0.3) is 5.91 Å². The van der Waals surface area contributed by atoms with Crippen molar-refractivity contribution in [3.63, 3.8) is 0 Å². The smallest absolute Gasteiger partial charge is 0.395 e. The molecule has 0 aliphatic rings. The number of nitrogens with zero attached hydrogens (tertiary/aromatic N) is 1. The number of ether oxygens (including phenoxy) is 1. The average molecular weight is 307 g/mol. The van der Waals surface area contributed by atoms with Gasteiger partial charge >= 0.3 is 5.88 Å². The van der Waals surface area contributed by atoms with Gasteiger partial charge in [-0.2, -0.15) is 0 Å². The molecule has 1 aromatic rings. The molecule has 1 atom stereocenters. The molecule has 0 saturated carbocycles. The third kappa shape index (κ3) is 4.16. The minimum absolute atomic E-state index is 0.0265. The minimum Gasteiger partial charge on any atom is -0.395 e. The van der Waals surface area contributed by atoms with E-state index in [1.54, 1.807) is 7.11 Å². The number of hydrogen-bond donors (Lipinski definition) is 1. The van der Waals surface area contributed by atoms with Crippen LogP contribution in [0.3, 0.4) is 0 Å². The lowest BCUT2D eigenvalue weighted by molar-refractivity contribution is -0.402. The molecule has 1 rings (SSSR count). The van der Waals surface area contributed by atoms with Gasteiger partial charge in [0.1, 0.15) is 4.92 Å². The summed E-state index contributed by atoms with van der Waals surface area (Å²) >= 11 is 3.29. The predicted octanol–water partition coefficient (Wildman–Crippen LogP) is 1.33. The summed E-state index contributed by atoms with van der Waals surface area (Å²) in [5.41, 5.74) is 0. The second kappa shape index (κ2) is 6.36. The van der Waals surface area contributed by atoms with Crippen molar-refractivity contribution in [2.75, 3.05) is 20.3 Å². The van der Waals surface area contributed by atoms with Crippen molar-refractivity contribution >= 4 is 27.7 Å². The fourth-order valence-electron chi connectivity index (χ4n) is 1.08. The first kappa shape index (κ1) is 13.7. The van der Waals surface area contributed by atoms with Crippen LogP contribution in [0, 0.1) is 10.1 Å². The van der Waals surface area contributed by atoms with Crippen LogP contribution in [-0.4, -0.2) is 35.9 Å². The van der Waals surface area contributed by atoms with Crippen molar-refractivity contribution in [2.24, 2.45) is 0 Å². The summed E-state index contributed by atoms with van der Waals surface area (Å²) in [6.45, 7) is 0.778. The molecule has 1 heterocycles. The molecule has 0 radical (unpaired) electrons. The summed E-state index contributed by atoms with van der Waals surface area (Å²) in [5, 5.41) is 12.9. The fraction of sp³-hybridized carbons (Fsp3) is 0.444. The van der Waals surface area contributed by atoms with E-state index in [2.05, 4.69) is 21.2 Å². The highest BCUT2D eigenvalue weighted by Gasteiger charge is 2.17. The molecule has 0 fully saturated rings. The molecule has 94 valence electrons. The molecule has 1 aromatic heterocycles. The van der Waals surface area contributed by atoms with Gasteiger partial charge in [-0.05, 0) is 6.07 Å². The van der Waals surface area contributed by atoms with Crippen molar-refractivity contribution < 1.29 is 18.9 Å². The van der Waals surface area contributed by atoms with Crippen LogP contribution in [0.2, 0.25) is 0 Å². The lowest BCUT2D eigenvalue weighted by Crippen LogP contribution is -2.31. The molecule has 0 aliphatic carbocycles. The second-order valence-corrected chi connectivity index (χ2v) is 4.45. The van der Waals surface area contributed by atoms with Crippen molar-refractivity contribution in [3.05, 3.63) is 28.0 Å². The zero-order chi connectivity index (χ0) is 12.8. The Morgan fingerprint density at radius 1 is 1.71 bits per heavy atom. The fourth-order valence-corrected chi connectivity index (χ4v) is 1.50. The van der Waals surface area contributed by atoms with Gasteiger partial charge in [-0.3, -0.25) is 14.9 Å². The quantitative estimate of drug-likeness (QED) is 0.486. The molecular weight excluding hydrogens is 296 g/mol. The van der Waals surface area contributed by atoms with E-state index in [4.69, 9.17) is 9.15 Å². The number of alkyl halides is 1. The molecule has 0 aliphatic heterocycles. The van der Waals surface area contributed by atoms with E-state index in [0.717, 1.165) is 6.07 Å². The van der Waals surface area contributed by atoms with E-state index in [1.165, 1.54) is 6.07 Å². The van der Waals surface area contributed by atoms with Crippen LogP contribution >= 0.6 is 15.9 Å². The third-order valence-corrected chi connectivity index (χ3v) is 2.42. The average Bonchev–Trinajstić information content (AvgIpc) is 2.75. The second-order valence-electron chi connectivity index (χ2n) is 3.16. The van der Waals surface area contributed by atoms with E-state index in [0.29, 0.717) is 13.2 Å². The first-order chi connectivity index (χ1) is 8.04. The van der Waals surface area contributed by atoms with E-state index in [-0.39, 0.29) is 10.6 Å². The van der Waals surface area contributed by atoms with Crippen LogP contribution in [0.4, 0.5) is 5.88 Å². The van der Waals surface area contributed by atoms with Gasteiger partial charge in [-0.25, -0.2) is 0 Å². The Hall–Kier alpha value is -1.41. The number of hydrogen-bond acceptors (Lipinski definition) is 5. The van der Waals surface area contributed by atoms with E-state index >= 15 is 0 Å². The number of halogens is 1. The summed E-state index contributed by atoms with van der Waals surface area (Å²) in [6.07, 6.45) is 0. The molecule has 0 aromatic carbocycles. The highest BCUT2D eigenvalue weighted by atomic mass is 79.9. The lowest BCUT2D eigenvalue weighted by Gasteiger charge is -2.08. The molecule has 17 heavy (non-hydrogen) atoms. The number of furan rings is 1. The number of methoxy groups -OCH3 is 1. The van der Waals surface area contributed by atoms with E-state index in [9.17, 15) is 14.9 Å². The lowest BCUT2D eigenvalue weighted by atomic mass is 10.4. The Morgan fingerprint density at radius 3 is 2.94 bits per heavy atom. The largest absolute Gasteiger partial charge is 0.433 e. The maximum Gasteiger partial charge on any atom is 0.433 e. The molecule has 1 N–H and O–H groups in total. The maximum atomic E-state index is 11.5. The summed E-state index contributed by atoms with van der Waals surface area (Å²) in [5.74, 6) is -1.05. The van der Waals surface area contributed by atoms with Crippen LogP contribution in [0.1, 0.15) is 10.6 Å². The first-order valence-corrected chi connectivity index (χ1v) is 5.61. The Bertz CT molecular complexity index is 406. The standard InChI is InChI=1S/C9H11BrN2O5/c1-16-5-6(10)4-11-9(13)7-2-3-8(17-7)12(14)15/h2-3,6H,4-5H2,1H3,(H,11,13). The third-order valence-electron chi connectivity index (χ3n) is 1.83. The molecule has 8 heteroatoms. The Morgan fingerprint density at radius 2 is 2.41 bits per heavy atom. The highest BCUT2D eigenvalue weighted by molar-refractivity contribution is 9.09. The van der Waals surface area contributed by atoms with Crippen molar-refractivity contribution in [1.29, 1.82) is 0 Å². The van der Waals surface area contributed by atoms with Crippen LogP contribution in [0.15, 0.2) is 16.5 Å². The molecule has 0 saturated heterocycles. The normalized spacial score (nSPS) is 12.1. The summed E-state index contributed by atoms with van der Waals surface area (Å²) < 4.78 is 9.61. The van der Waals surface area contributed by atoms with Crippen molar-refractivity contribution in [3.8, 4) is 0 Å². The van der Waals surface area contributed by atoms with Gasteiger partial charge < -0.3 is 14.5 Å². The van der Waals surface area contributed by atoms with Gasteiger partial charge in [-0.15, -0.1) is 0 Å². The van der Waals surface area contributed by atoms with Gasteiger partial charge in [0.05, 0.1) is 17.5 Å². The number of amides is 1. The number of rotatable bonds is 6. The Balaban J connectivity index is 2.49. The van der Waals surface area contributed by atoms with Crippen LogP contribution in [0.5, 0.6) is 0 Å². The van der Waals surface area contributed by atoms with Crippen LogP contribution in [-0.2, 0) is 4.74 Å².